The van der Waals surface area contributed by atoms with E-state index in [0.717, 1.165) is 3.57 Å². The number of ether oxygens (including phenoxy) is 2. The van der Waals surface area contributed by atoms with E-state index in [1.165, 1.54) is 0 Å². The highest BCUT2D eigenvalue weighted by atomic mass is 127. The van der Waals surface area contributed by atoms with Crippen molar-refractivity contribution in [2.24, 2.45) is 0 Å². The molecule has 0 spiro atoms. The summed E-state index contributed by atoms with van der Waals surface area (Å²) in [6, 6.07) is 6.96. The molecule has 0 aliphatic carbocycles. The van der Waals surface area contributed by atoms with Crippen LogP contribution in [0.4, 0.5) is 0 Å². The molecule has 1 unspecified atom stereocenters. The predicted octanol–water partition coefficient (Wildman–Crippen LogP) is 1.76. The van der Waals surface area contributed by atoms with Crippen LogP contribution in [-0.4, -0.2) is 24.6 Å². The van der Waals surface area contributed by atoms with Gasteiger partial charge in [-0.25, -0.2) is 9.59 Å². The van der Waals surface area contributed by atoms with Crippen LogP contribution in [0.5, 0.6) is 0 Å². The van der Waals surface area contributed by atoms with Gasteiger partial charge < -0.3 is 9.47 Å². The van der Waals surface area contributed by atoms with Crippen LogP contribution in [0.3, 0.4) is 0 Å². The number of benzene rings is 1. The van der Waals surface area contributed by atoms with E-state index in [2.05, 4.69) is 22.6 Å². The van der Waals surface area contributed by atoms with Crippen molar-refractivity contribution in [1.29, 1.82) is 0 Å². The smallest absolute Gasteiger partial charge is 0.347 e. The Kier molecular flexibility index (Phi) is 3.42. The Labute approximate surface area is 106 Å². The van der Waals surface area contributed by atoms with Crippen molar-refractivity contribution in [3.8, 4) is 0 Å². The molecule has 1 aromatic rings. The molecule has 0 radical (unpaired) electrons. The molecule has 1 aliphatic heterocycles. The van der Waals surface area contributed by atoms with Crippen LogP contribution >= 0.6 is 22.6 Å². The van der Waals surface area contributed by atoms with Gasteiger partial charge in [0.15, 0.2) is 0 Å². The zero-order valence-corrected chi connectivity index (χ0v) is 10.5. The molecule has 16 heavy (non-hydrogen) atoms. The first kappa shape index (κ1) is 11.4. The molecule has 0 saturated carbocycles. The summed E-state index contributed by atoms with van der Waals surface area (Å²) in [6.07, 6.45) is -0.304. The zero-order valence-electron chi connectivity index (χ0n) is 8.31. The highest BCUT2D eigenvalue weighted by molar-refractivity contribution is 14.1. The quantitative estimate of drug-likeness (QED) is 0.612. The lowest BCUT2D eigenvalue weighted by Gasteiger charge is -2.07. The van der Waals surface area contributed by atoms with Crippen LogP contribution < -0.4 is 0 Å². The van der Waals surface area contributed by atoms with Gasteiger partial charge in [-0.05, 0) is 46.9 Å². The number of hydrogen-bond donors (Lipinski definition) is 0. The van der Waals surface area contributed by atoms with E-state index in [4.69, 9.17) is 9.47 Å². The van der Waals surface area contributed by atoms with Crippen LogP contribution in [0.1, 0.15) is 16.8 Å². The first-order valence-corrected chi connectivity index (χ1v) is 5.88. The molecule has 0 bridgehead atoms. The summed E-state index contributed by atoms with van der Waals surface area (Å²) < 4.78 is 10.8. The fourth-order valence-corrected chi connectivity index (χ4v) is 1.73. The summed E-state index contributed by atoms with van der Waals surface area (Å²) in [5.41, 5.74) is 0.445. The molecule has 1 fully saturated rings. The molecule has 84 valence electrons. The molecule has 1 saturated heterocycles. The molecule has 2 rings (SSSR count). The maximum Gasteiger partial charge on any atom is 0.347 e. The summed E-state index contributed by atoms with van der Waals surface area (Å²) in [6.45, 7) is 0.323. The van der Waals surface area contributed by atoms with Crippen LogP contribution in [0, 0.1) is 3.57 Å². The molecule has 1 atom stereocenters. The van der Waals surface area contributed by atoms with E-state index < -0.39 is 18.0 Å². The average molecular weight is 332 g/mol. The van der Waals surface area contributed by atoms with E-state index >= 15 is 0 Å². The van der Waals surface area contributed by atoms with Gasteiger partial charge in [0.05, 0.1) is 12.2 Å². The molecule has 4 nitrogen and oxygen atoms in total. The Morgan fingerprint density at radius 1 is 1.38 bits per heavy atom. The Bertz CT molecular complexity index is 412. The lowest BCUT2D eigenvalue weighted by Crippen LogP contribution is -2.22. The fraction of sp³-hybridized carbons (Fsp3) is 0.273. The second kappa shape index (κ2) is 4.82. The number of halogens is 1. The number of hydrogen-bond acceptors (Lipinski definition) is 4. The standard InChI is InChI=1S/C11H9IO4/c12-8-3-1-7(2-4-8)10(13)16-9-5-6-15-11(9)14/h1-4,9H,5-6H2. The molecular weight excluding hydrogens is 323 g/mol. The van der Waals surface area contributed by atoms with Gasteiger partial charge in [0.25, 0.3) is 0 Å². The number of carbonyl (C=O) groups excluding carboxylic acids is 2. The van der Waals surface area contributed by atoms with Gasteiger partial charge in [0.1, 0.15) is 0 Å². The molecule has 0 aromatic heterocycles. The van der Waals surface area contributed by atoms with Crippen molar-refractivity contribution in [2.75, 3.05) is 6.61 Å². The zero-order chi connectivity index (χ0) is 11.5. The largest absolute Gasteiger partial charge is 0.463 e. The Morgan fingerprint density at radius 2 is 2.06 bits per heavy atom. The highest BCUT2D eigenvalue weighted by Crippen LogP contribution is 2.14. The average Bonchev–Trinajstić information content (AvgIpc) is 2.65. The Morgan fingerprint density at radius 3 is 2.62 bits per heavy atom. The van der Waals surface area contributed by atoms with E-state index in [-0.39, 0.29) is 0 Å². The SMILES string of the molecule is O=C(OC1CCOC1=O)c1ccc(I)cc1. The van der Waals surface area contributed by atoms with Crippen molar-refractivity contribution in [1.82, 2.24) is 0 Å². The first-order chi connectivity index (χ1) is 7.66. The van der Waals surface area contributed by atoms with Gasteiger partial charge in [-0.15, -0.1) is 0 Å². The first-order valence-electron chi connectivity index (χ1n) is 4.80. The highest BCUT2D eigenvalue weighted by Gasteiger charge is 2.30. The molecule has 0 N–H and O–H groups in total. The van der Waals surface area contributed by atoms with Crippen LogP contribution in [-0.2, 0) is 14.3 Å². The molecule has 1 aromatic carbocycles. The van der Waals surface area contributed by atoms with E-state index in [1.54, 1.807) is 12.1 Å². The molecule has 5 heteroatoms. The Hall–Kier alpha value is -1.11. The summed E-state index contributed by atoms with van der Waals surface area (Å²) in [7, 11) is 0. The van der Waals surface area contributed by atoms with Gasteiger partial charge in [-0.1, -0.05) is 0 Å². The van der Waals surface area contributed by atoms with Crippen molar-refractivity contribution < 1.29 is 19.1 Å². The molecule has 1 heterocycles. The molecular formula is C11H9IO4. The van der Waals surface area contributed by atoms with Gasteiger partial charge in [0.2, 0.25) is 6.10 Å². The molecule has 1 aliphatic rings. The number of carbonyl (C=O) groups is 2. The maximum absolute atomic E-state index is 11.6. The number of cyclic esters (lactones) is 1. The van der Waals surface area contributed by atoms with Crippen molar-refractivity contribution >= 4 is 34.5 Å². The van der Waals surface area contributed by atoms with Crippen LogP contribution in [0.2, 0.25) is 0 Å². The van der Waals surface area contributed by atoms with Gasteiger partial charge in [0, 0.05) is 9.99 Å². The Balaban J connectivity index is 2.02. The minimum atomic E-state index is -0.744. The van der Waals surface area contributed by atoms with Crippen molar-refractivity contribution in [3.63, 3.8) is 0 Å². The van der Waals surface area contributed by atoms with E-state index in [1.807, 2.05) is 12.1 Å². The summed E-state index contributed by atoms with van der Waals surface area (Å²) in [4.78, 5) is 22.7. The minimum Gasteiger partial charge on any atom is -0.463 e. The summed E-state index contributed by atoms with van der Waals surface area (Å²) in [5.74, 6) is -0.945. The summed E-state index contributed by atoms with van der Waals surface area (Å²) >= 11 is 2.15. The predicted molar refractivity (Wildman–Crippen MR) is 63.9 cm³/mol. The third-order valence-corrected chi connectivity index (χ3v) is 2.94. The lowest BCUT2D eigenvalue weighted by molar-refractivity contribution is -0.145. The summed E-state index contributed by atoms with van der Waals surface area (Å²) in [5, 5.41) is 0. The van der Waals surface area contributed by atoms with Crippen molar-refractivity contribution in [2.45, 2.75) is 12.5 Å². The second-order valence-corrected chi connectivity index (χ2v) is 4.60. The van der Waals surface area contributed by atoms with E-state index in [9.17, 15) is 9.59 Å². The van der Waals surface area contributed by atoms with Gasteiger partial charge in [-0.2, -0.15) is 0 Å². The number of rotatable bonds is 2. The second-order valence-electron chi connectivity index (χ2n) is 3.36. The maximum atomic E-state index is 11.6. The van der Waals surface area contributed by atoms with Crippen LogP contribution in [0.25, 0.3) is 0 Å². The van der Waals surface area contributed by atoms with Crippen LogP contribution in [0.15, 0.2) is 24.3 Å². The third kappa shape index (κ3) is 2.52. The monoisotopic (exact) mass is 332 g/mol. The van der Waals surface area contributed by atoms with Crippen molar-refractivity contribution in [3.05, 3.63) is 33.4 Å². The molecule has 0 amide bonds. The normalized spacial score (nSPS) is 19.3. The fourth-order valence-electron chi connectivity index (χ4n) is 1.37. The third-order valence-electron chi connectivity index (χ3n) is 2.22. The topological polar surface area (TPSA) is 52.6 Å². The lowest BCUT2D eigenvalue weighted by atomic mass is 10.2. The minimum absolute atomic E-state index is 0.323. The number of esters is 2. The van der Waals surface area contributed by atoms with E-state index in [0.29, 0.717) is 18.6 Å². The van der Waals surface area contributed by atoms with Gasteiger partial charge >= 0.3 is 11.9 Å². The van der Waals surface area contributed by atoms with Gasteiger partial charge in [-0.3, -0.25) is 0 Å².